The highest BCUT2D eigenvalue weighted by atomic mass is 14.7. The van der Waals surface area contributed by atoms with Crippen LogP contribution in [0.1, 0.15) is 36.1 Å². The lowest BCUT2D eigenvalue weighted by Gasteiger charge is -2.22. The van der Waals surface area contributed by atoms with Crippen molar-refractivity contribution in [2.45, 2.75) is 19.3 Å². The average Bonchev–Trinajstić information content (AvgIpc) is 3.50. The van der Waals surface area contributed by atoms with Crippen molar-refractivity contribution in [1.82, 2.24) is 0 Å². The lowest BCUT2D eigenvalue weighted by atomic mass is 9.81. The van der Waals surface area contributed by atoms with Gasteiger partial charge in [0, 0.05) is 16.6 Å². The summed E-state index contributed by atoms with van der Waals surface area (Å²) in [5.41, 5.74) is 17.3. The Kier molecular flexibility index (Phi) is 8.38. The first-order chi connectivity index (χ1) is 28.0. The number of hydrogen-bond acceptors (Lipinski definition) is 1. The summed E-state index contributed by atoms with van der Waals surface area (Å²) in [6.07, 6.45) is 0. The molecule has 0 N–H and O–H groups in total. The van der Waals surface area contributed by atoms with Crippen LogP contribution in [-0.2, 0) is 5.41 Å². The Morgan fingerprint density at radius 2 is 0.947 bits per heavy atom. The number of hydrogen-bond donors (Lipinski definition) is 0. The molecule has 0 fully saturated rings. The summed E-state index contributed by atoms with van der Waals surface area (Å²) in [7, 11) is 0. The van der Waals surface area contributed by atoms with Crippen molar-refractivity contribution in [3.8, 4) is 44.5 Å². The molecule has 0 aromatic heterocycles. The predicted molar refractivity (Wildman–Crippen MR) is 243 cm³/mol. The van der Waals surface area contributed by atoms with Crippen molar-refractivity contribution >= 4 is 38.5 Å². The molecule has 0 spiro atoms. The third-order valence-corrected chi connectivity index (χ3v) is 11.8. The van der Waals surface area contributed by atoms with Gasteiger partial charge in [0.05, 0.1) is 11.4 Å². The zero-order chi connectivity index (χ0) is 38.5. The van der Waals surface area contributed by atoms with Gasteiger partial charge in [-0.2, -0.15) is 0 Å². The van der Waals surface area contributed by atoms with E-state index >= 15 is 0 Å². The Morgan fingerprint density at radius 1 is 0.404 bits per heavy atom. The van der Waals surface area contributed by atoms with Gasteiger partial charge in [0.25, 0.3) is 0 Å². The van der Waals surface area contributed by atoms with Crippen molar-refractivity contribution < 1.29 is 0 Å². The number of allylic oxidation sites excluding steroid dienone is 1. The Bertz CT molecular complexity index is 3020. The first-order valence-electron chi connectivity index (χ1n) is 19.7. The van der Waals surface area contributed by atoms with E-state index in [9.17, 15) is 0 Å². The monoisotopic (exact) mass is 727 g/mol. The maximum atomic E-state index is 5.35. The van der Waals surface area contributed by atoms with Gasteiger partial charge < -0.3 is 0 Å². The van der Waals surface area contributed by atoms with Crippen molar-refractivity contribution in [2.75, 3.05) is 0 Å². The zero-order valence-corrected chi connectivity index (χ0v) is 32.2. The van der Waals surface area contributed by atoms with Gasteiger partial charge in [0.2, 0.25) is 0 Å². The summed E-state index contributed by atoms with van der Waals surface area (Å²) in [6.45, 7) is 9.24. The van der Waals surface area contributed by atoms with Gasteiger partial charge in [0.15, 0.2) is 0 Å². The van der Waals surface area contributed by atoms with Gasteiger partial charge >= 0.3 is 0 Å². The van der Waals surface area contributed by atoms with Crippen LogP contribution in [0.25, 0.3) is 71.6 Å². The van der Waals surface area contributed by atoms with Crippen LogP contribution < -0.4 is 0 Å². The van der Waals surface area contributed by atoms with Crippen molar-refractivity contribution in [2.24, 2.45) is 4.99 Å². The Labute approximate surface area is 335 Å². The molecule has 57 heavy (non-hydrogen) atoms. The fourth-order valence-corrected chi connectivity index (χ4v) is 9.02. The summed E-state index contributed by atoms with van der Waals surface area (Å²) in [6, 6.07) is 72.1. The fraction of sp³-hybridized carbons (Fsp3) is 0.0536. The summed E-state index contributed by atoms with van der Waals surface area (Å²) in [5, 5.41) is 4.88. The lowest BCUT2D eigenvalue weighted by molar-refractivity contribution is 0.660. The van der Waals surface area contributed by atoms with Gasteiger partial charge in [-0.15, -0.1) is 0 Å². The molecule has 10 rings (SSSR count). The van der Waals surface area contributed by atoms with E-state index in [0.29, 0.717) is 0 Å². The molecule has 0 bridgehead atoms. The normalized spacial score (nSPS) is 13.1. The first kappa shape index (κ1) is 34.4. The first-order valence-corrected chi connectivity index (χ1v) is 19.7. The van der Waals surface area contributed by atoms with Gasteiger partial charge in [-0.05, 0) is 107 Å². The summed E-state index contributed by atoms with van der Waals surface area (Å²) >= 11 is 0. The highest BCUT2D eigenvalue weighted by Gasteiger charge is 2.35. The van der Waals surface area contributed by atoms with Gasteiger partial charge in [-0.25, -0.2) is 4.99 Å². The molecule has 9 aromatic rings. The van der Waals surface area contributed by atoms with E-state index in [4.69, 9.17) is 4.99 Å². The van der Waals surface area contributed by atoms with Crippen LogP contribution in [0, 0.1) is 0 Å². The highest BCUT2D eigenvalue weighted by molar-refractivity contribution is 6.32. The summed E-state index contributed by atoms with van der Waals surface area (Å²) < 4.78 is 0. The zero-order valence-electron chi connectivity index (χ0n) is 32.2. The minimum absolute atomic E-state index is 0.0553. The molecule has 270 valence electrons. The predicted octanol–water partition coefficient (Wildman–Crippen LogP) is 15.1. The molecule has 9 aromatic carbocycles. The van der Waals surface area contributed by atoms with E-state index in [1.165, 1.54) is 71.6 Å². The third kappa shape index (κ3) is 5.91. The Morgan fingerprint density at radius 3 is 1.68 bits per heavy atom. The van der Waals surface area contributed by atoms with Gasteiger partial charge in [-0.1, -0.05) is 196 Å². The average molecular weight is 728 g/mol. The molecule has 0 unspecified atom stereocenters. The second-order valence-corrected chi connectivity index (χ2v) is 15.6. The second kappa shape index (κ2) is 13.9. The molecule has 0 radical (unpaired) electrons. The number of fused-ring (bicyclic) bond motifs is 5. The molecular weight excluding hydrogens is 687 g/mol. The summed E-state index contributed by atoms with van der Waals surface area (Å²) in [4.78, 5) is 5.35. The molecule has 0 aliphatic heterocycles. The van der Waals surface area contributed by atoms with E-state index in [2.05, 4.69) is 208 Å². The van der Waals surface area contributed by atoms with Crippen molar-refractivity contribution in [1.29, 1.82) is 0 Å². The standard InChI is InChI=1S/C56H41N/c1-37(38-18-7-4-8-19-38)55(40-22-11-6-12-23-40)57-44-25-17-24-42(34-44)53-46-27-13-14-28-47(46)54(50-35-41(30-32-48(50)53)39-20-9-5-10-21-39)43-31-33-52-49(36-43)45-26-15-16-29-51(45)56(52,2)3/h4-36H,1H2,2-3H3. The van der Waals surface area contributed by atoms with E-state index in [-0.39, 0.29) is 5.41 Å². The molecule has 1 heteroatoms. The molecule has 1 aliphatic rings. The molecule has 1 aliphatic carbocycles. The van der Waals surface area contributed by atoms with E-state index in [1.54, 1.807) is 0 Å². The van der Waals surface area contributed by atoms with Crippen LogP contribution in [0.4, 0.5) is 5.69 Å². The number of nitrogens with zero attached hydrogens (tertiary/aromatic N) is 1. The molecule has 0 atom stereocenters. The van der Waals surface area contributed by atoms with E-state index < -0.39 is 0 Å². The van der Waals surface area contributed by atoms with E-state index in [1.807, 2.05) is 12.1 Å². The third-order valence-electron chi connectivity index (χ3n) is 11.8. The van der Waals surface area contributed by atoms with Crippen LogP contribution in [0.2, 0.25) is 0 Å². The van der Waals surface area contributed by atoms with Crippen molar-refractivity contribution in [3.63, 3.8) is 0 Å². The maximum Gasteiger partial charge on any atom is 0.0781 e. The quantitative estimate of drug-likeness (QED) is 0.114. The minimum atomic E-state index is -0.0553. The van der Waals surface area contributed by atoms with E-state index in [0.717, 1.165) is 33.7 Å². The highest BCUT2D eigenvalue weighted by Crippen LogP contribution is 2.51. The second-order valence-electron chi connectivity index (χ2n) is 15.6. The number of benzene rings is 9. The van der Waals surface area contributed by atoms with Gasteiger partial charge in [0.1, 0.15) is 0 Å². The minimum Gasteiger partial charge on any atom is -0.248 e. The van der Waals surface area contributed by atoms with Crippen LogP contribution in [0.5, 0.6) is 0 Å². The van der Waals surface area contributed by atoms with Crippen LogP contribution in [0.3, 0.4) is 0 Å². The summed E-state index contributed by atoms with van der Waals surface area (Å²) in [5.74, 6) is 0. The molecule has 1 nitrogen and oxygen atoms in total. The molecular formula is C56H41N. The maximum absolute atomic E-state index is 5.35. The van der Waals surface area contributed by atoms with Crippen LogP contribution >= 0.6 is 0 Å². The smallest absolute Gasteiger partial charge is 0.0781 e. The molecule has 0 saturated heterocycles. The SMILES string of the molecule is C=C(C(=Nc1cccc(-c2c3ccccc3c(-c3ccc4c(c3)-c3ccccc3C4(C)C)c3cc(-c4ccccc4)ccc23)c1)c1ccccc1)c1ccccc1. The fourth-order valence-electron chi connectivity index (χ4n) is 9.02. The number of rotatable bonds is 7. The molecule has 0 amide bonds. The molecule has 0 saturated carbocycles. The van der Waals surface area contributed by atoms with Crippen LogP contribution in [-0.4, -0.2) is 5.71 Å². The molecule has 0 heterocycles. The largest absolute Gasteiger partial charge is 0.248 e. The van der Waals surface area contributed by atoms with Crippen LogP contribution in [0.15, 0.2) is 212 Å². The Hall–Kier alpha value is -7.09. The number of aliphatic imine (C=N–C) groups is 1. The van der Waals surface area contributed by atoms with Crippen molar-refractivity contribution in [3.05, 3.63) is 229 Å². The lowest BCUT2D eigenvalue weighted by Crippen LogP contribution is -2.14. The Balaban J connectivity index is 1.22. The topological polar surface area (TPSA) is 12.4 Å². The van der Waals surface area contributed by atoms with Gasteiger partial charge in [-0.3, -0.25) is 0 Å².